The van der Waals surface area contributed by atoms with Crippen LogP contribution in [0.3, 0.4) is 0 Å². The van der Waals surface area contributed by atoms with Gasteiger partial charge in [-0.2, -0.15) is 0 Å². The van der Waals surface area contributed by atoms with Gasteiger partial charge in [0.2, 0.25) is 10.0 Å². The first-order chi connectivity index (χ1) is 11.8. The second-order valence-corrected chi connectivity index (χ2v) is 8.44. The maximum absolute atomic E-state index is 13.3. The maximum atomic E-state index is 13.3. The van der Waals surface area contributed by atoms with Crippen LogP contribution in [0.15, 0.2) is 41.3 Å². The molecule has 3 unspecified atom stereocenters. The number of sulfonamides is 1. The Morgan fingerprint density at radius 1 is 1.24 bits per heavy atom. The van der Waals surface area contributed by atoms with Gasteiger partial charge >= 0.3 is 5.97 Å². The lowest BCUT2D eigenvalue weighted by Crippen LogP contribution is -2.29. The van der Waals surface area contributed by atoms with Gasteiger partial charge in [0.05, 0.1) is 10.5 Å². The third kappa shape index (κ3) is 2.73. The van der Waals surface area contributed by atoms with Crippen molar-refractivity contribution in [3.8, 4) is 0 Å². The molecule has 2 aliphatic carbocycles. The molecule has 0 saturated heterocycles. The molecule has 0 aromatic heterocycles. The summed E-state index contributed by atoms with van der Waals surface area (Å²) >= 11 is 0. The van der Waals surface area contributed by atoms with Crippen molar-refractivity contribution in [2.24, 2.45) is 5.92 Å². The molecule has 0 amide bonds. The molecule has 3 atom stereocenters. The number of hydrogen-bond acceptors (Lipinski definition) is 3. The number of hydrogen-bond donors (Lipinski definition) is 2. The van der Waals surface area contributed by atoms with Gasteiger partial charge in [-0.1, -0.05) is 6.07 Å². The second-order valence-electron chi connectivity index (χ2n) is 6.72. The van der Waals surface area contributed by atoms with E-state index in [0.717, 1.165) is 11.1 Å². The number of carbonyl (C=O) groups is 1. The number of carboxylic acids is 1. The first-order valence-corrected chi connectivity index (χ1v) is 9.40. The van der Waals surface area contributed by atoms with E-state index in [0.29, 0.717) is 12.0 Å². The molecular formula is C18H16FNO4S. The Bertz CT molecular complexity index is 1000. The molecule has 2 N–H and O–H groups in total. The molecule has 7 heteroatoms. The van der Waals surface area contributed by atoms with Crippen molar-refractivity contribution in [1.29, 1.82) is 0 Å². The summed E-state index contributed by atoms with van der Waals surface area (Å²) in [5.74, 6) is -1.25. The minimum absolute atomic E-state index is 0.0470. The minimum atomic E-state index is -3.82. The third-order valence-corrected chi connectivity index (χ3v) is 6.43. The Kier molecular flexibility index (Phi) is 3.49. The molecule has 4 rings (SSSR count). The molecule has 2 aromatic rings. The number of fused-ring (bicyclic) bond motifs is 3. The highest BCUT2D eigenvalue weighted by Gasteiger charge is 2.57. The average Bonchev–Trinajstić information content (AvgIpc) is 3.02. The van der Waals surface area contributed by atoms with Crippen molar-refractivity contribution in [2.75, 3.05) is 0 Å². The van der Waals surface area contributed by atoms with Crippen molar-refractivity contribution in [3.05, 3.63) is 64.5 Å². The molecule has 130 valence electrons. The van der Waals surface area contributed by atoms with Crippen LogP contribution in [0.1, 0.15) is 33.0 Å². The molecule has 0 spiro atoms. The lowest BCUT2D eigenvalue weighted by molar-refractivity contribution is 0.0696. The summed E-state index contributed by atoms with van der Waals surface area (Å²) in [6, 6.07) is 8.45. The third-order valence-electron chi connectivity index (χ3n) is 4.99. The topological polar surface area (TPSA) is 83.5 Å². The first kappa shape index (κ1) is 16.2. The summed E-state index contributed by atoms with van der Waals surface area (Å²) in [4.78, 5) is 11.1. The molecule has 0 heterocycles. The van der Waals surface area contributed by atoms with Crippen LogP contribution in [0.5, 0.6) is 0 Å². The van der Waals surface area contributed by atoms with E-state index in [9.17, 15) is 17.6 Å². The molecule has 25 heavy (non-hydrogen) atoms. The van der Waals surface area contributed by atoms with Crippen LogP contribution >= 0.6 is 0 Å². The summed E-state index contributed by atoms with van der Waals surface area (Å²) in [6.45, 7) is 1.65. The van der Waals surface area contributed by atoms with Crippen LogP contribution in [0.4, 0.5) is 4.39 Å². The van der Waals surface area contributed by atoms with Crippen molar-refractivity contribution in [3.63, 3.8) is 0 Å². The summed E-state index contributed by atoms with van der Waals surface area (Å²) < 4.78 is 41.2. The van der Waals surface area contributed by atoms with E-state index in [4.69, 9.17) is 5.11 Å². The van der Waals surface area contributed by atoms with E-state index >= 15 is 0 Å². The largest absolute Gasteiger partial charge is 0.478 e. The number of halogens is 1. The van der Waals surface area contributed by atoms with E-state index < -0.39 is 16.0 Å². The zero-order chi connectivity index (χ0) is 17.9. The average molecular weight is 361 g/mol. The van der Waals surface area contributed by atoms with E-state index in [1.807, 2.05) is 0 Å². The van der Waals surface area contributed by atoms with Crippen molar-refractivity contribution in [2.45, 2.75) is 30.2 Å². The standard InChI is InChI=1S/C18H16FNO4S/c1-9-4-11(18(21)22)7-13(5-9)25(23,24)20-17-15-8-10-6-12(19)2-3-14(10)16(15)17/h2-7,15-17,20H,8H2,1H3,(H,21,22). The SMILES string of the molecule is Cc1cc(C(=O)O)cc(S(=O)(=O)NC2C3Cc4cc(F)ccc4C32)c1. The van der Waals surface area contributed by atoms with Crippen molar-refractivity contribution < 1.29 is 22.7 Å². The lowest BCUT2D eigenvalue weighted by Gasteiger charge is -2.11. The van der Waals surface area contributed by atoms with E-state index in [1.54, 1.807) is 13.0 Å². The van der Waals surface area contributed by atoms with Crippen LogP contribution in [0.25, 0.3) is 0 Å². The van der Waals surface area contributed by atoms with Crippen LogP contribution < -0.4 is 4.72 Å². The first-order valence-electron chi connectivity index (χ1n) is 7.92. The quantitative estimate of drug-likeness (QED) is 0.876. The fraction of sp³-hybridized carbons (Fsp3) is 0.278. The van der Waals surface area contributed by atoms with Gasteiger partial charge in [0.15, 0.2) is 0 Å². The number of nitrogens with one attached hydrogen (secondary N) is 1. The van der Waals surface area contributed by atoms with Gasteiger partial charge < -0.3 is 5.11 Å². The molecule has 0 aliphatic heterocycles. The number of carboxylic acid groups (broad SMARTS) is 1. The van der Waals surface area contributed by atoms with Gasteiger partial charge in [0.25, 0.3) is 0 Å². The molecule has 1 fully saturated rings. The Balaban J connectivity index is 1.58. The Morgan fingerprint density at radius 3 is 2.72 bits per heavy atom. The van der Waals surface area contributed by atoms with Gasteiger partial charge in [0, 0.05) is 12.0 Å². The van der Waals surface area contributed by atoms with Gasteiger partial charge in [-0.05, 0) is 66.3 Å². The predicted octanol–water partition coefficient (Wildman–Crippen LogP) is 2.45. The van der Waals surface area contributed by atoms with Crippen LogP contribution in [0, 0.1) is 18.7 Å². The molecule has 5 nitrogen and oxygen atoms in total. The zero-order valence-corrected chi connectivity index (χ0v) is 14.2. The zero-order valence-electron chi connectivity index (χ0n) is 13.4. The molecule has 1 saturated carbocycles. The molecular weight excluding hydrogens is 345 g/mol. The van der Waals surface area contributed by atoms with Crippen LogP contribution in [0.2, 0.25) is 0 Å². The van der Waals surface area contributed by atoms with Gasteiger partial charge in [-0.3, -0.25) is 0 Å². The molecule has 2 aliphatic rings. The van der Waals surface area contributed by atoms with Crippen molar-refractivity contribution >= 4 is 16.0 Å². The van der Waals surface area contributed by atoms with Crippen molar-refractivity contribution in [1.82, 2.24) is 4.72 Å². The normalized spacial score (nSPS) is 23.8. The van der Waals surface area contributed by atoms with Gasteiger partial charge in [-0.25, -0.2) is 22.3 Å². The lowest BCUT2D eigenvalue weighted by atomic mass is 10.1. The number of aromatic carboxylic acids is 1. The van der Waals surface area contributed by atoms with E-state index in [2.05, 4.69) is 4.72 Å². The molecule has 0 radical (unpaired) electrons. The minimum Gasteiger partial charge on any atom is -0.478 e. The summed E-state index contributed by atoms with van der Waals surface area (Å²) in [5.41, 5.74) is 2.44. The number of rotatable bonds is 4. The highest BCUT2D eigenvalue weighted by atomic mass is 32.2. The number of aryl methyl sites for hydroxylation is 1. The van der Waals surface area contributed by atoms with E-state index in [-0.39, 0.29) is 34.2 Å². The highest BCUT2D eigenvalue weighted by Crippen LogP contribution is 2.56. The number of benzene rings is 2. The summed E-state index contributed by atoms with van der Waals surface area (Å²) in [6.07, 6.45) is 0.652. The fourth-order valence-electron chi connectivity index (χ4n) is 3.82. The Morgan fingerprint density at radius 2 is 2.00 bits per heavy atom. The van der Waals surface area contributed by atoms with Gasteiger partial charge in [0.1, 0.15) is 5.82 Å². The van der Waals surface area contributed by atoms with Crippen LogP contribution in [-0.2, 0) is 16.4 Å². The molecule has 2 aromatic carbocycles. The second kappa shape index (κ2) is 5.37. The monoisotopic (exact) mass is 361 g/mol. The fourth-order valence-corrected chi connectivity index (χ4v) is 5.26. The summed E-state index contributed by atoms with van der Waals surface area (Å²) in [7, 11) is -3.82. The highest BCUT2D eigenvalue weighted by molar-refractivity contribution is 7.89. The Labute approximate surface area is 144 Å². The van der Waals surface area contributed by atoms with Crippen LogP contribution in [-0.4, -0.2) is 25.5 Å². The maximum Gasteiger partial charge on any atom is 0.335 e. The van der Waals surface area contributed by atoms with Gasteiger partial charge in [-0.15, -0.1) is 0 Å². The summed E-state index contributed by atoms with van der Waals surface area (Å²) in [5, 5.41) is 9.11. The predicted molar refractivity (Wildman–Crippen MR) is 88.6 cm³/mol. The molecule has 0 bridgehead atoms. The Hall–Kier alpha value is -2.25. The smallest absolute Gasteiger partial charge is 0.335 e. The van der Waals surface area contributed by atoms with E-state index in [1.165, 1.54) is 30.3 Å².